The van der Waals surface area contributed by atoms with Crippen molar-refractivity contribution in [1.82, 2.24) is 14.8 Å². The maximum atomic E-state index is 11.9. The van der Waals surface area contributed by atoms with Gasteiger partial charge in [-0.2, -0.15) is 5.10 Å². The van der Waals surface area contributed by atoms with Crippen molar-refractivity contribution in [3.05, 3.63) is 29.6 Å². The van der Waals surface area contributed by atoms with Crippen molar-refractivity contribution in [1.29, 1.82) is 0 Å². The summed E-state index contributed by atoms with van der Waals surface area (Å²) in [6.45, 7) is 4.17. The Morgan fingerprint density at radius 2 is 2.15 bits per heavy atom. The van der Waals surface area contributed by atoms with Gasteiger partial charge in [0.1, 0.15) is 5.82 Å². The van der Waals surface area contributed by atoms with Gasteiger partial charge in [-0.15, -0.1) is 0 Å². The lowest BCUT2D eigenvalue weighted by Gasteiger charge is -2.15. The van der Waals surface area contributed by atoms with Crippen LogP contribution in [0.4, 0.5) is 5.69 Å². The Morgan fingerprint density at radius 3 is 2.80 bits per heavy atom. The number of carbonyl (C=O) groups excluding carboxylic acids is 1. The van der Waals surface area contributed by atoms with Gasteiger partial charge in [0.05, 0.1) is 12.0 Å². The fourth-order valence-corrected chi connectivity index (χ4v) is 2.43. The minimum Gasteiger partial charge on any atom is -0.325 e. The first-order valence-corrected chi connectivity index (χ1v) is 6.50. The van der Waals surface area contributed by atoms with Crippen LogP contribution in [0.3, 0.4) is 0 Å². The molecule has 2 heterocycles. The summed E-state index contributed by atoms with van der Waals surface area (Å²) >= 11 is 0. The average molecular weight is 271 g/mol. The second-order valence-electron chi connectivity index (χ2n) is 5.52. The molecule has 104 valence electrons. The van der Waals surface area contributed by atoms with Gasteiger partial charge in [0, 0.05) is 18.3 Å². The van der Waals surface area contributed by atoms with Crippen LogP contribution in [0.1, 0.15) is 25.2 Å². The highest BCUT2D eigenvalue weighted by Gasteiger charge is 2.38. The molecule has 20 heavy (non-hydrogen) atoms. The third kappa shape index (κ3) is 1.72. The molecule has 0 fully saturated rings. The monoisotopic (exact) mass is 271 g/mol. The molecule has 1 aliphatic heterocycles. The standard InChI is InChI=1S/C14H17N5O/c1-14(2)9-6-8(4-5-10(9)16-13(14)20)12-17-11(7-15)19(3)18-12/h4-6H,7,15H2,1-3H3,(H,16,20). The summed E-state index contributed by atoms with van der Waals surface area (Å²) in [7, 11) is 1.82. The molecular weight excluding hydrogens is 254 g/mol. The van der Waals surface area contributed by atoms with Crippen molar-refractivity contribution < 1.29 is 4.79 Å². The van der Waals surface area contributed by atoms with E-state index in [4.69, 9.17) is 5.73 Å². The predicted octanol–water partition coefficient (Wildman–Crippen LogP) is 1.17. The number of benzene rings is 1. The van der Waals surface area contributed by atoms with E-state index in [1.807, 2.05) is 39.1 Å². The summed E-state index contributed by atoms with van der Waals surface area (Å²) < 4.78 is 1.68. The maximum Gasteiger partial charge on any atom is 0.234 e. The Morgan fingerprint density at radius 1 is 1.40 bits per heavy atom. The highest BCUT2D eigenvalue weighted by molar-refractivity contribution is 6.06. The third-order valence-electron chi connectivity index (χ3n) is 3.80. The van der Waals surface area contributed by atoms with Crippen LogP contribution in [0.2, 0.25) is 0 Å². The summed E-state index contributed by atoms with van der Waals surface area (Å²) in [6, 6.07) is 5.79. The quantitative estimate of drug-likeness (QED) is 0.858. The zero-order valence-corrected chi connectivity index (χ0v) is 11.8. The lowest BCUT2D eigenvalue weighted by molar-refractivity contribution is -0.119. The molecule has 0 unspecified atom stereocenters. The number of hydrogen-bond donors (Lipinski definition) is 2. The number of nitrogens with one attached hydrogen (secondary N) is 1. The number of nitrogens with two attached hydrogens (primary N) is 1. The minimum atomic E-state index is -0.531. The van der Waals surface area contributed by atoms with E-state index in [-0.39, 0.29) is 5.91 Å². The van der Waals surface area contributed by atoms with E-state index in [2.05, 4.69) is 15.4 Å². The molecule has 0 radical (unpaired) electrons. The van der Waals surface area contributed by atoms with Crippen LogP contribution in [0.25, 0.3) is 11.4 Å². The lowest BCUT2D eigenvalue weighted by atomic mass is 9.85. The van der Waals surface area contributed by atoms with Gasteiger partial charge < -0.3 is 11.1 Å². The van der Waals surface area contributed by atoms with E-state index in [0.29, 0.717) is 12.4 Å². The number of carbonyl (C=O) groups is 1. The summed E-state index contributed by atoms with van der Waals surface area (Å²) in [5.41, 5.74) is 7.81. The van der Waals surface area contributed by atoms with Gasteiger partial charge in [-0.25, -0.2) is 4.98 Å². The summed E-state index contributed by atoms with van der Waals surface area (Å²) in [5, 5.41) is 7.25. The number of aryl methyl sites for hydroxylation is 1. The zero-order valence-electron chi connectivity index (χ0n) is 11.8. The Kier molecular flexibility index (Phi) is 2.65. The maximum absolute atomic E-state index is 11.9. The van der Waals surface area contributed by atoms with Crippen LogP contribution in [0, 0.1) is 0 Å². The SMILES string of the molecule is Cn1nc(-c2ccc3c(c2)C(C)(C)C(=O)N3)nc1CN. The van der Waals surface area contributed by atoms with E-state index >= 15 is 0 Å². The number of amides is 1. The number of aromatic nitrogens is 3. The lowest BCUT2D eigenvalue weighted by Crippen LogP contribution is -2.26. The van der Waals surface area contributed by atoms with E-state index < -0.39 is 5.41 Å². The van der Waals surface area contributed by atoms with Crippen molar-refractivity contribution in [2.45, 2.75) is 25.8 Å². The summed E-state index contributed by atoms with van der Waals surface area (Å²) in [6.07, 6.45) is 0. The van der Waals surface area contributed by atoms with Gasteiger partial charge in [-0.05, 0) is 37.6 Å². The molecule has 0 spiro atoms. The van der Waals surface area contributed by atoms with Gasteiger partial charge in [0.15, 0.2) is 5.82 Å². The van der Waals surface area contributed by atoms with Crippen LogP contribution in [-0.2, 0) is 23.8 Å². The van der Waals surface area contributed by atoms with E-state index in [9.17, 15) is 4.79 Å². The van der Waals surface area contributed by atoms with Crippen LogP contribution in [0.5, 0.6) is 0 Å². The van der Waals surface area contributed by atoms with Crippen LogP contribution in [-0.4, -0.2) is 20.7 Å². The fraction of sp³-hybridized carbons (Fsp3) is 0.357. The number of rotatable bonds is 2. The number of hydrogen-bond acceptors (Lipinski definition) is 4. The van der Waals surface area contributed by atoms with Crippen LogP contribution in [0.15, 0.2) is 18.2 Å². The number of anilines is 1. The second-order valence-corrected chi connectivity index (χ2v) is 5.52. The van der Waals surface area contributed by atoms with Crippen LogP contribution < -0.4 is 11.1 Å². The topological polar surface area (TPSA) is 85.8 Å². The summed E-state index contributed by atoms with van der Waals surface area (Å²) in [4.78, 5) is 16.4. The number of fused-ring (bicyclic) bond motifs is 1. The summed E-state index contributed by atoms with van der Waals surface area (Å²) in [5.74, 6) is 1.38. The molecule has 1 aromatic heterocycles. The normalized spacial score (nSPS) is 16.1. The van der Waals surface area contributed by atoms with Crippen molar-refractivity contribution in [2.24, 2.45) is 12.8 Å². The molecule has 1 amide bonds. The molecule has 0 atom stereocenters. The first-order valence-electron chi connectivity index (χ1n) is 6.50. The first kappa shape index (κ1) is 12.8. The average Bonchev–Trinajstić information content (AvgIpc) is 2.89. The van der Waals surface area contributed by atoms with Gasteiger partial charge in [-0.3, -0.25) is 9.48 Å². The van der Waals surface area contributed by atoms with Gasteiger partial charge >= 0.3 is 0 Å². The molecule has 3 N–H and O–H groups in total. The molecule has 3 rings (SSSR count). The van der Waals surface area contributed by atoms with Crippen molar-refractivity contribution >= 4 is 11.6 Å². The Hall–Kier alpha value is -2.21. The first-order chi connectivity index (χ1) is 9.43. The van der Waals surface area contributed by atoms with Gasteiger partial charge in [-0.1, -0.05) is 0 Å². The zero-order chi connectivity index (χ0) is 14.5. The fourth-order valence-electron chi connectivity index (χ4n) is 2.43. The molecule has 6 nitrogen and oxygen atoms in total. The van der Waals surface area contributed by atoms with E-state index in [0.717, 1.165) is 22.6 Å². The molecule has 0 saturated heterocycles. The Labute approximate surface area is 117 Å². The molecule has 1 aromatic carbocycles. The Balaban J connectivity index is 2.09. The second kappa shape index (κ2) is 4.14. The number of nitrogens with zero attached hydrogens (tertiary/aromatic N) is 3. The van der Waals surface area contributed by atoms with Crippen molar-refractivity contribution in [2.75, 3.05) is 5.32 Å². The van der Waals surface area contributed by atoms with Crippen molar-refractivity contribution in [3.8, 4) is 11.4 Å². The van der Waals surface area contributed by atoms with Crippen molar-refractivity contribution in [3.63, 3.8) is 0 Å². The van der Waals surface area contributed by atoms with E-state index in [1.165, 1.54) is 0 Å². The Bertz CT molecular complexity index is 702. The molecule has 0 aliphatic carbocycles. The van der Waals surface area contributed by atoms with Crippen LogP contribution >= 0.6 is 0 Å². The minimum absolute atomic E-state index is 0.0151. The third-order valence-corrected chi connectivity index (χ3v) is 3.80. The molecule has 6 heteroatoms. The van der Waals surface area contributed by atoms with Gasteiger partial charge in [0.2, 0.25) is 5.91 Å². The predicted molar refractivity (Wildman–Crippen MR) is 76.0 cm³/mol. The van der Waals surface area contributed by atoms with Gasteiger partial charge in [0.25, 0.3) is 0 Å². The highest BCUT2D eigenvalue weighted by Crippen LogP contribution is 2.39. The smallest absolute Gasteiger partial charge is 0.234 e. The largest absolute Gasteiger partial charge is 0.325 e. The molecule has 0 saturated carbocycles. The molecule has 0 bridgehead atoms. The van der Waals surface area contributed by atoms with E-state index in [1.54, 1.807) is 4.68 Å². The molecular formula is C14H17N5O. The molecule has 2 aromatic rings. The highest BCUT2D eigenvalue weighted by atomic mass is 16.2. The molecule has 1 aliphatic rings.